The summed E-state index contributed by atoms with van der Waals surface area (Å²) in [5.74, 6) is 1.26. The smallest absolute Gasteiger partial charge is 0.223 e. The van der Waals surface area contributed by atoms with Crippen LogP contribution in [0.5, 0.6) is 0 Å². The van der Waals surface area contributed by atoms with Gasteiger partial charge < -0.3 is 5.32 Å². The van der Waals surface area contributed by atoms with Crippen LogP contribution in [-0.4, -0.2) is 17.1 Å². The molecule has 1 amide bonds. The van der Waals surface area contributed by atoms with E-state index in [0.717, 1.165) is 24.8 Å². The third-order valence-corrected chi connectivity index (χ3v) is 5.24. The molecular formula is C19H27NO2S. The molecule has 1 fully saturated rings. The van der Waals surface area contributed by atoms with Crippen LogP contribution in [0.15, 0.2) is 30.3 Å². The van der Waals surface area contributed by atoms with Crippen molar-refractivity contribution in [1.82, 2.24) is 5.32 Å². The molecule has 0 saturated heterocycles. The van der Waals surface area contributed by atoms with E-state index in [0.29, 0.717) is 18.3 Å². The Bertz CT molecular complexity index is 529. The number of carbonyl (C=O) groups excluding carboxylic acids is 2. The summed E-state index contributed by atoms with van der Waals surface area (Å²) in [6.45, 7) is 4.45. The summed E-state index contributed by atoms with van der Waals surface area (Å²) in [5.41, 5.74) is 1.03. The molecule has 1 aliphatic rings. The van der Waals surface area contributed by atoms with Crippen molar-refractivity contribution in [3.8, 4) is 0 Å². The first kappa shape index (κ1) is 18.1. The highest BCUT2D eigenvalue weighted by Gasteiger charge is 2.30. The first-order valence-corrected chi connectivity index (χ1v) is 8.99. The highest BCUT2D eigenvalue weighted by Crippen LogP contribution is 2.33. The van der Waals surface area contributed by atoms with Crippen LogP contribution in [0.4, 0.5) is 0 Å². The zero-order valence-corrected chi connectivity index (χ0v) is 14.9. The maximum absolute atomic E-state index is 12.6. The second-order valence-corrected chi connectivity index (χ2v) is 7.40. The molecule has 3 unspecified atom stereocenters. The van der Waals surface area contributed by atoms with Crippen molar-refractivity contribution in [2.24, 2.45) is 17.8 Å². The van der Waals surface area contributed by atoms with Gasteiger partial charge in [-0.05, 0) is 30.2 Å². The molecule has 3 atom stereocenters. The van der Waals surface area contributed by atoms with Crippen molar-refractivity contribution in [3.05, 3.63) is 35.9 Å². The van der Waals surface area contributed by atoms with Gasteiger partial charge in [0.15, 0.2) is 0 Å². The van der Waals surface area contributed by atoms with Gasteiger partial charge in [-0.15, -0.1) is 12.6 Å². The highest BCUT2D eigenvalue weighted by atomic mass is 32.1. The Morgan fingerprint density at radius 1 is 1.22 bits per heavy atom. The highest BCUT2D eigenvalue weighted by molar-refractivity contribution is 7.96. The Kier molecular flexibility index (Phi) is 6.70. The minimum absolute atomic E-state index is 0.0127. The molecule has 23 heavy (non-hydrogen) atoms. The van der Waals surface area contributed by atoms with Crippen molar-refractivity contribution in [1.29, 1.82) is 0 Å². The molecule has 0 aliphatic heterocycles. The molecule has 2 rings (SSSR count). The molecule has 1 aromatic rings. The lowest BCUT2D eigenvalue weighted by atomic mass is 9.76. The van der Waals surface area contributed by atoms with Crippen LogP contribution in [0.3, 0.4) is 0 Å². The van der Waals surface area contributed by atoms with Crippen LogP contribution in [0.25, 0.3) is 0 Å². The van der Waals surface area contributed by atoms with Crippen molar-refractivity contribution in [2.75, 3.05) is 0 Å². The van der Waals surface area contributed by atoms with Crippen LogP contribution in [0.2, 0.25) is 0 Å². The summed E-state index contributed by atoms with van der Waals surface area (Å²) >= 11 is 3.96. The zero-order chi connectivity index (χ0) is 16.8. The van der Waals surface area contributed by atoms with Crippen LogP contribution in [0, 0.1) is 17.8 Å². The molecular weight excluding hydrogens is 306 g/mol. The van der Waals surface area contributed by atoms with E-state index in [1.54, 1.807) is 0 Å². The summed E-state index contributed by atoms with van der Waals surface area (Å²) in [4.78, 5) is 24.4. The van der Waals surface area contributed by atoms with E-state index in [4.69, 9.17) is 0 Å². The second-order valence-electron chi connectivity index (χ2n) is 6.96. The van der Waals surface area contributed by atoms with Crippen LogP contribution in [0.1, 0.15) is 45.1 Å². The largest absolute Gasteiger partial charge is 0.345 e. The van der Waals surface area contributed by atoms with Crippen molar-refractivity contribution >= 4 is 23.7 Å². The Hall–Kier alpha value is -1.29. The predicted molar refractivity (Wildman–Crippen MR) is 96.4 cm³/mol. The Labute approximate surface area is 144 Å². The summed E-state index contributed by atoms with van der Waals surface area (Å²) in [6, 6.07) is 9.19. The molecule has 0 heterocycles. The van der Waals surface area contributed by atoms with Gasteiger partial charge in [-0.2, -0.15) is 0 Å². The van der Waals surface area contributed by atoms with Gasteiger partial charge in [0, 0.05) is 12.3 Å². The molecule has 3 nitrogen and oxygen atoms in total. The van der Waals surface area contributed by atoms with Crippen LogP contribution < -0.4 is 5.32 Å². The summed E-state index contributed by atoms with van der Waals surface area (Å²) < 4.78 is 0. The van der Waals surface area contributed by atoms with E-state index in [1.807, 2.05) is 30.3 Å². The molecule has 1 aliphatic carbocycles. The average molecular weight is 333 g/mol. The van der Waals surface area contributed by atoms with E-state index < -0.39 is 6.04 Å². The minimum Gasteiger partial charge on any atom is -0.345 e. The zero-order valence-electron chi connectivity index (χ0n) is 14.0. The first-order valence-electron chi connectivity index (χ1n) is 8.54. The molecule has 0 aromatic heterocycles. The molecule has 0 spiro atoms. The molecule has 1 saturated carbocycles. The van der Waals surface area contributed by atoms with Crippen molar-refractivity contribution < 1.29 is 9.59 Å². The number of hydrogen-bond donors (Lipinski definition) is 2. The molecule has 126 valence electrons. The normalized spacial score (nSPS) is 22.6. The third kappa shape index (κ3) is 5.38. The van der Waals surface area contributed by atoms with E-state index in [1.165, 1.54) is 6.42 Å². The average Bonchev–Trinajstić information content (AvgIpc) is 2.55. The second kappa shape index (κ2) is 8.53. The topological polar surface area (TPSA) is 46.2 Å². The lowest BCUT2D eigenvalue weighted by Gasteiger charge is -2.31. The quantitative estimate of drug-likeness (QED) is 0.781. The van der Waals surface area contributed by atoms with Gasteiger partial charge in [0.25, 0.3) is 0 Å². The molecule has 0 bridgehead atoms. The predicted octanol–water partition coefficient (Wildman–Crippen LogP) is 3.63. The Morgan fingerprint density at radius 3 is 2.52 bits per heavy atom. The number of amides is 1. The molecule has 1 aromatic carbocycles. The Balaban J connectivity index is 1.96. The van der Waals surface area contributed by atoms with Gasteiger partial charge in [-0.3, -0.25) is 9.59 Å². The fourth-order valence-electron chi connectivity index (χ4n) is 3.41. The molecule has 0 radical (unpaired) electrons. The van der Waals surface area contributed by atoms with Gasteiger partial charge in [0.05, 0.1) is 0 Å². The maximum atomic E-state index is 12.6. The van der Waals surface area contributed by atoms with Gasteiger partial charge >= 0.3 is 0 Å². The van der Waals surface area contributed by atoms with E-state index in [9.17, 15) is 9.59 Å². The number of hydrogen-bond acceptors (Lipinski definition) is 2. The number of benzene rings is 1. The van der Waals surface area contributed by atoms with E-state index in [2.05, 4.69) is 31.8 Å². The number of thiol groups is 1. The molecule has 4 heteroatoms. The van der Waals surface area contributed by atoms with Crippen LogP contribution >= 0.6 is 12.6 Å². The number of rotatable bonds is 6. The Morgan fingerprint density at radius 2 is 1.91 bits per heavy atom. The van der Waals surface area contributed by atoms with Gasteiger partial charge in [0.2, 0.25) is 11.0 Å². The monoisotopic (exact) mass is 333 g/mol. The third-order valence-electron chi connectivity index (χ3n) is 4.93. The van der Waals surface area contributed by atoms with Crippen LogP contribution in [-0.2, 0) is 16.0 Å². The van der Waals surface area contributed by atoms with Gasteiger partial charge in [-0.1, -0.05) is 57.0 Å². The fraction of sp³-hybridized carbons (Fsp3) is 0.579. The van der Waals surface area contributed by atoms with Crippen molar-refractivity contribution in [2.45, 2.75) is 52.0 Å². The lowest BCUT2D eigenvalue weighted by molar-refractivity contribution is -0.129. The maximum Gasteiger partial charge on any atom is 0.223 e. The summed E-state index contributed by atoms with van der Waals surface area (Å²) in [7, 11) is 0. The van der Waals surface area contributed by atoms with Gasteiger partial charge in [0.1, 0.15) is 6.04 Å². The number of nitrogens with one attached hydrogen (secondary N) is 1. The van der Waals surface area contributed by atoms with E-state index >= 15 is 0 Å². The SMILES string of the molecule is CC(C)C1CCCC(C(=O)NC(Cc2ccccc2)C(=O)S)C1. The number of carbonyl (C=O) groups is 2. The lowest BCUT2D eigenvalue weighted by Crippen LogP contribution is -2.44. The standard InChI is InChI=1S/C19H27NO2S/c1-13(2)15-9-6-10-16(12-15)18(21)20-17(19(22)23)11-14-7-4-3-5-8-14/h3-5,7-8,13,15-17H,6,9-12H2,1-2H3,(H,20,21)(H,22,23). The summed E-state index contributed by atoms with van der Waals surface area (Å²) in [6.07, 6.45) is 4.66. The van der Waals surface area contributed by atoms with E-state index in [-0.39, 0.29) is 16.9 Å². The minimum atomic E-state index is -0.548. The van der Waals surface area contributed by atoms with Crippen molar-refractivity contribution in [3.63, 3.8) is 0 Å². The molecule has 1 N–H and O–H groups in total. The van der Waals surface area contributed by atoms with Gasteiger partial charge in [-0.25, -0.2) is 0 Å². The summed E-state index contributed by atoms with van der Waals surface area (Å²) in [5, 5.41) is 2.65. The first-order chi connectivity index (χ1) is 11.0. The fourth-order valence-corrected chi connectivity index (χ4v) is 3.57.